The zero-order valence-corrected chi connectivity index (χ0v) is 20.6. The van der Waals surface area contributed by atoms with Crippen LogP contribution in [0.2, 0.25) is 0 Å². The van der Waals surface area contributed by atoms with Crippen LogP contribution in [0.5, 0.6) is 5.75 Å². The maximum atomic E-state index is 13.3. The molecule has 0 bridgehead atoms. The number of nitrogens with zero attached hydrogens (tertiary/aromatic N) is 2. The number of carbonyl (C=O) groups is 1. The van der Waals surface area contributed by atoms with Crippen molar-refractivity contribution in [2.24, 2.45) is 16.3 Å². The predicted molar refractivity (Wildman–Crippen MR) is 134 cm³/mol. The summed E-state index contributed by atoms with van der Waals surface area (Å²) in [5, 5.41) is 12.5. The van der Waals surface area contributed by atoms with Gasteiger partial charge in [-0.05, 0) is 66.0 Å². The molecule has 4 rings (SSSR count). The van der Waals surface area contributed by atoms with Gasteiger partial charge >= 0.3 is 0 Å². The van der Waals surface area contributed by atoms with E-state index in [4.69, 9.17) is 19.4 Å². The molecule has 1 aliphatic carbocycles. The van der Waals surface area contributed by atoms with Crippen LogP contribution in [-0.2, 0) is 19.4 Å². The molecule has 3 aromatic rings. The number of ether oxygens (including phenoxy) is 1. The molecule has 0 fully saturated rings. The van der Waals surface area contributed by atoms with E-state index in [1.807, 2.05) is 36.4 Å². The smallest absolute Gasteiger partial charge is 0.255 e. The van der Waals surface area contributed by atoms with E-state index >= 15 is 0 Å². The molecule has 2 heterocycles. The van der Waals surface area contributed by atoms with Gasteiger partial charge in [-0.25, -0.2) is 4.99 Å². The largest absolute Gasteiger partial charge is 0.479 e. The second kappa shape index (κ2) is 10.3. The molecule has 1 N–H and O–H groups in total. The summed E-state index contributed by atoms with van der Waals surface area (Å²) in [6.07, 6.45) is 6.26. The van der Waals surface area contributed by atoms with Gasteiger partial charge in [-0.1, -0.05) is 32.9 Å². The Bertz CT molecular complexity index is 1210. The molecule has 0 unspecified atom stereocenters. The summed E-state index contributed by atoms with van der Waals surface area (Å²) in [6.45, 7) is 7.19. The van der Waals surface area contributed by atoms with Gasteiger partial charge in [0.2, 0.25) is 0 Å². The third-order valence-corrected chi connectivity index (χ3v) is 7.36. The molecule has 0 saturated heterocycles. The van der Waals surface area contributed by atoms with Crippen LogP contribution in [0.15, 0.2) is 52.1 Å². The Kier molecular flexibility index (Phi) is 7.18. The van der Waals surface area contributed by atoms with Crippen molar-refractivity contribution in [2.75, 3.05) is 6.61 Å². The molecule has 1 atom stereocenters. The highest BCUT2D eigenvalue weighted by molar-refractivity contribution is 7.16. The molecule has 2 aromatic heterocycles. The minimum absolute atomic E-state index is 0.00677. The van der Waals surface area contributed by atoms with Crippen molar-refractivity contribution in [1.29, 1.82) is 5.26 Å². The second-order valence-corrected chi connectivity index (χ2v) is 10.6. The van der Waals surface area contributed by atoms with E-state index in [1.54, 1.807) is 29.9 Å². The maximum Gasteiger partial charge on any atom is 0.255 e. The third-order valence-electron chi connectivity index (χ3n) is 6.19. The number of aliphatic imine (C=N–C) groups is 1. The first-order valence-corrected chi connectivity index (χ1v) is 12.3. The van der Waals surface area contributed by atoms with E-state index in [0.29, 0.717) is 29.5 Å². The quantitative estimate of drug-likeness (QED) is 0.420. The van der Waals surface area contributed by atoms with Gasteiger partial charge in [0, 0.05) is 11.1 Å². The van der Waals surface area contributed by atoms with Gasteiger partial charge in [0.15, 0.2) is 6.61 Å². The van der Waals surface area contributed by atoms with Gasteiger partial charge in [0.1, 0.15) is 22.6 Å². The van der Waals surface area contributed by atoms with Gasteiger partial charge in [0.25, 0.3) is 5.91 Å². The molecule has 7 heteroatoms. The average Bonchev–Trinajstić information content (AvgIpc) is 3.46. The van der Waals surface area contributed by atoms with Crippen LogP contribution in [0, 0.1) is 22.7 Å². The first-order valence-electron chi connectivity index (χ1n) is 11.4. The van der Waals surface area contributed by atoms with E-state index in [2.05, 4.69) is 26.1 Å². The summed E-state index contributed by atoms with van der Waals surface area (Å²) in [7, 11) is 0. The van der Waals surface area contributed by atoms with Gasteiger partial charge in [0.05, 0.1) is 18.4 Å². The van der Waals surface area contributed by atoms with Gasteiger partial charge < -0.3 is 14.5 Å². The number of hydrogen-bond acceptors (Lipinski definition) is 6. The van der Waals surface area contributed by atoms with E-state index in [0.717, 1.165) is 35.4 Å². The van der Waals surface area contributed by atoms with Crippen molar-refractivity contribution >= 4 is 28.5 Å². The van der Waals surface area contributed by atoms with E-state index in [-0.39, 0.29) is 17.9 Å². The van der Waals surface area contributed by atoms with Crippen LogP contribution in [0.3, 0.4) is 0 Å². The zero-order valence-electron chi connectivity index (χ0n) is 19.8. The van der Waals surface area contributed by atoms with Crippen molar-refractivity contribution in [3.63, 3.8) is 0 Å². The lowest BCUT2D eigenvalue weighted by molar-refractivity contribution is 0.0947. The molecule has 0 radical (unpaired) electrons. The fourth-order valence-electron chi connectivity index (χ4n) is 4.24. The van der Waals surface area contributed by atoms with Gasteiger partial charge in [-0.15, -0.1) is 11.3 Å². The van der Waals surface area contributed by atoms with Crippen molar-refractivity contribution in [3.05, 3.63) is 70.0 Å². The number of furan rings is 1. The number of nitriles is 1. The van der Waals surface area contributed by atoms with Crippen molar-refractivity contribution in [2.45, 2.75) is 46.6 Å². The van der Waals surface area contributed by atoms with Crippen LogP contribution in [0.4, 0.5) is 5.00 Å². The minimum Gasteiger partial charge on any atom is -0.479 e. The summed E-state index contributed by atoms with van der Waals surface area (Å²) in [5.74, 6) is 1.77. The molecule has 34 heavy (non-hydrogen) atoms. The molecular formula is C27H29N3O3S. The third kappa shape index (κ3) is 5.57. The zero-order chi connectivity index (χ0) is 24.1. The number of hydrogen-bond donors (Lipinski definition) is 1. The Hall–Kier alpha value is -3.37. The summed E-state index contributed by atoms with van der Waals surface area (Å²) in [6, 6.07) is 13.0. The van der Waals surface area contributed by atoms with Crippen LogP contribution in [-0.4, -0.2) is 18.7 Å². The molecule has 6 nitrogen and oxygen atoms in total. The lowest BCUT2D eigenvalue weighted by Crippen LogP contribution is -2.28. The van der Waals surface area contributed by atoms with E-state index < -0.39 is 0 Å². The Morgan fingerprint density at radius 3 is 2.94 bits per heavy atom. The summed E-state index contributed by atoms with van der Waals surface area (Å²) in [5.41, 5.74) is 2.86. The Balaban J connectivity index is 1.63. The molecule has 176 valence electrons. The minimum atomic E-state index is -0.124. The maximum absolute atomic E-state index is 13.3. The number of thiophene rings is 1. The lowest BCUT2D eigenvalue weighted by atomic mass is 9.72. The molecule has 1 aromatic carbocycles. The Morgan fingerprint density at radius 2 is 2.21 bits per heavy atom. The van der Waals surface area contributed by atoms with Crippen LogP contribution < -0.4 is 10.1 Å². The van der Waals surface area contributed by atoms with Crippen LogP contribution in [0.25, 0.3) is 0 Å². The predicted octanol–water partition coefficient (Wildman–Crippen LogP) is 6.08. The van der Waals surface area contributed by atoms with Crippen molar-refractivity contribution < 1.29 is 13.9 Å². The average molecular weight is 476 g/mol. The van der Waals surface area contributed by atoms with Crippen molar-refractivity contribution in [3.8, 4) is 11.8 Å². The Morgan fingerprint density at radius 1 is 1.35 bits per heavy atom. The number of carbonyl (C=O) groups excluding carboxylic acids is 1. The fraction of sp³-hybridized carbons (Fsp3) is 0.370. The van der Waals surface area contributed by atoms with E-state index in [1.165, 1.54) is 4.88 Å². The number of rotatable bonds is 7. The fourth-order valence-corrected chi connectivity index (χ4v) is 5.51. The topological polar surface area (TPSA) is 87.6 Å². The SMILES string of the molecule is CC(C)(C)[C@@H]1CCc2c(sc(N=Cc3cccc(OCC#N)c3)c2C(=O)NCc2ccco2)C1. The molecule has 0 aliphatic heterocycles. The molecule has 1 amide bonds. The van der Waals surface area contributed by atoms with Crippen LogP contribution >= 0.6 is 11.3 Å². The number of benzene rings is 1. The van der Waals surface area contributed by atoms with Gasteiger partial charge in [-0.3, -0.25) is 4.79 Å². The second-order valence-electron chi connectivity index (χ2n) is 9.53. The summed E-state index contributed by atoms with van der Waals surface area (Å²) in [4.78, 5) is 19.3. The van der Waals surface area contributed by atoms with Gasteiger partial charge in [-0.2, -0.15) is 5.26 Å². The highest BCUT2D eigenvalue weighted by Gasteiger charge is 2.33. The van der Waals surface area contributed by atoms with Crippen LogP contribution in [0.1, 0.15) is 59.3 Å². The molecule has 0 spiro atoms. The highest BCUT2D eigenvalue weighted by Crippen LogP contribution is 2.45. The van der Waals surface area contributed by atoms with Crippen molar-refractivity contribution in [1.82, 2.24) is 5.32 Å². The van der Waals surface area contributed by atoms with E-state index in [9.17, 15) is 4.79 Å². The molecule has 1 aliphatic rings. The first kappa shape index (κ1) is 23.8. The number of nitrogens with one attached hydrogen (secondary N) is 1. The lowest BCUT2D eigenvalue weighted by Gasteiger charge is -2.33. The first-order chi connectivity index (χ1) is 16.3. The molecular weight excluding hydrogens is 446 g/mol. The highest BCUT2D eigenvalue weighted by atomic mass is 32.1. The summed E-state index contributed by atoms with van der Waals surface area (Å²) >= 11 is 1.61. The standard InChI is InChI=1S/C27H29N3O3S/c1-27(2,3)19-9-10-22-23(15-19)34-26(24(22)25(31)29-17-21-8-5-12-32-21)30-16-18-6-4-7-20(14-18)33-13-11-28/h4-8,12,14,16,19H,9-10,13,15,17H2,1-3H3,(H,29,31)/t19-/m1/s1. The summed E-state index contributed by atoms with van der Waals surface area (Å²) < 4.78 is 10.8. The normalized spacial score (nSPS) is 15.6. The Labute approximate surface area is 204 Å². The number of fused-ring (bicyclic) bond motifs is 1. The molecule has 0 saturated carbocycles. The number of amides is 1. The monoisotopic (exact) mass is 475 g/mol.